The molecule has 120 valence electrons. The van der Waals surface area contributed by atoms with Gasteiger partial charge in [0, 0.05) is 17.6 Å². The van der Waals surface area contributed by atoms with E-state index in [9.17, 15) is 4.79 Å². The van der Waals surface area contributed by atoms with Gasteiger partial charge < -0.3 is 0 Å². The molecule has 0 aromatic carbocycles. The fraction of sp³-hybridized carbons (Fsp3) is 0.385. The average molecular weight is 349 g/mol. The predicted octanol–water partition coefficient (Wildman–Crippen LogP) is 2.28. The molecule has 8 nitrogen and oxygen atoms in total. The molecule has 0 spiro atoms. The van der Waals surface area contributed by atoms with Gasteiger partial charge in [-0.15, -0.1) is 20.4 Å². The number of fused-ring (bicyclic) bond motifs is 1. The number of carbonyl (C=O) groups is 1. The van der Waals surface area contributed by atoms with Gasteiger partial charge in [-0.05, 0) is 18.9 Å². The summed E-state index contributed by atoms with van der Waals surface area (Å²) < 4.78 is 2.37. The molecule has 0 radical (unpaired) electrons. The fourth-order valence-corrected chi connectivity index (χ4v) is 3.46. The molecule has 0 aliphatic rings. The van der Waals surface area contributed by atoms with Gasteiger partial charge in [0.1, 0.15) is 0 Å². The number of hydrogen-bond acceptors (Lipinski definition) is 8. The van der Waals surface area contributed by atoms with Gasteiger partial charge >= 0.3 is 0 Å². The number of carbonyl (C=O) groups excluding carboxylic acids is 1. The lowest BCUT2D eigenvalue weighted by Gasteiger charge is -2.00. The third-order valence-corrected chi connectivity index (χ3v) is 5.19. The number of anilines is 1. The summed E-state index contributed by atoms with van der Waals surface area (Å²) in [6.07, 6.45) is 1.72. The van der Waals surface area contributed by atoms with Crippen LogP contribution in [0, 0.1) is 12.8 Å². The van der Waals surface area contributed by atoms with E-state index >= 15 is 0 Å². The van der Waals surface area contributed by atoms with E-state index in [0.717, 1.165) is 15.8 Å². The Morgan fingerprint density at radius 2 is 2.17 bits per heavy atom. The van der Waals surface area contributed by atoms with Crippen molar-refractivity contribution in [1.29, 1.82) is 0 Å². The van der Waals surface area contributed by atoms with Gasteiger partial charge in [-0.2, -0.15) is 0 Å². The molecular formula is C13H15N7OS2. The van der Waals surface area contributed by atoms with Crippen LogP contribution < -0.4 is 5.32 Å². The van der Waals surface area contributed by atoms with E-state index < -0.39 is 0 Å². The second-order valence-corrected chi connectivity index (χ2v) is 7.54. The molecule has 23 heavy (non-hydrogen) atoms. The maximum Gasteiger partial charge on any atom is 0.295 e. The SMILES string of the molecule is Cc1ccn2c(C(=O)Nc3nnc(SCC(C)C)s3)nnc2n1. The van der Waals surface area contributed by atoms with Crippen molar-refractivity contribution in [3.05, 3.63) is 23.8 Å². The van der Waals surface area contributed by atoms with Crippen molar-refractivity contribution in [2.45, 2.75) is 25.1 Å². The summed E-state index contributed by atoms with van der Waals surface area (Å²) >= 11 is 2.97. The number of hydrogen-bond donors (Lipinski definition) is 1. The average Bonchev–Trinajstić information content (AvgIpc) is 3.11. The quantitative estimate of drug-likeness (QED) is 0.557. The van der Waals surface area contributed by atoms with Crippen molar-refractivity contribution in [2.75, 3.05) is 11.1 Å². The van der Waals surface area contributed by atoms with Crippen LogP contribution in [0.25, 0.3) is 5.78 Å². The number of aromatic nitrogens is 6. The van der Waals surface area contributed by atoms with Crippen molar-refractivity contribution in [2.24, 2.45) is 5.92 Å². The first-order chi connectivity index (χ1) is 11.0. The molecule has 0 aliphatic carbocycles. The van der Waals surface area contributed by atoms with Gasteiger partial charge in [-0.1, -0.05) is 36.9 Å². The Labute approximate surface area is 140 Å². The van der Waals surface area contributed by atoms with E-state index in [4.69, 9.17) is 0 Å². The number of thioether (sulfide) groups is 1. The van der Waals surface area contributed by atoms with Crippen LogP contribution in [-0.4, -0.2) is 41.4 Å². The van der Waals surface area contributed by atoms with E-state index in [1.807, 2.05) is 6.92 Å². The highest BCUT2D eigenvalue weighted by Gasteiger charge is 2.17. The van der Waals surface area contributed by atoms with Crippen molar-refractivity contribution >= 4 is 39.9 Å². The van der Waals surface area contributed by atoms with Crippen LogP contribution in [0.15, 0.2) is 16.6 Å². The molecule has 0 aliphatic heterocycles. The normalized spacial score (nSPS) is 11.3. The van der Waals surface area contributed by atoms with Gasteiger partial charge in [-0.3, -0.25) is 14.5 Å². The predicted molar refractivity (Wildman–Crippen MR) is 88.9 cm³/mol. The number of nitrogens with one attached hydrogen (secondary N) is 1. The van der Waals surface area contributed by atoms with Crippen LogP contribution in [-0.2, 0) is 0 Å². The molecule has 0 unspecified atom stereocenters. The highest BCUT2D eigenvalue weighted by atomic mass is 32.2. The molecule has 10 heteroatoms. The first kappa shape index (κ1) is 15.8. The number of nitrogens with zero attached hydrogens (tertiary/aromatic N) is 6. The zero-order valence-corrected chi connectivity index (χ0v) is 14.5. The van der Waals surface area contributed by atoms with Crippen molar-refractivity contribution in [1.82, 2.24) is 29.8 Å². The van der Waals surface area contributed by atoms with Crippen LogP contribution in [0.3, 0.4) is 0 Å². The van der Waals surface area contributed by atoms with Gasteiger partial charge in [0.2, 0.25) is 11.0 Å². The second kappa shape index (κ2) is 6.59. The van der Waals surface area contributed by atoms with E-state index in [1.54, 1.807) is 24.0 Å². The lowest BCUT2D eigenvalue weighted by atomic mass is 10.3. The summed E-state index contributed by atoms with van der Waals surface area (Å²) in [5.41, 5.74) is 0.813. The van der Waals surface area contributed by atoms with E-state index in [-0.39, 0.29) is 11.7 Å². The summed E-state index contributed by atoms with van der Waals surface area (Å²) in [5, 5.41) is 19.0. The highest BCUT2D eigenvalue weighted by molar-refractivity contribution is 8.01. The molecule has 0 atom stereocenters. The van der Waals surface area contributed by atoms with E-state index in [1.165, 1.54) is 15.7 Å². The molecule has 1 amide bonds. The summed E-state index contributed by atoms with van der Waals surface area (Å²) in [5.74, 6) is 1.70. The Morgan fingerprint density at radius 1 is 1.35 bits per heavy atom. The second-order valence-electron chi connectivity index (χ2n) is 5.29. The Morgan fingerprint density at radius 3 is 2.96 bits per heavy atom. The minimum atomic E-state index is -0.389. The smallest absolute Gasteiger partial charge is 0.294 e. The minimum Gasteiger partial charge on any atom is -0.294 e. The Kier molecular flexibility index (Phi) is 4.53. The molecule has 0 saturated heterocycles. The van der Waals surface area contributed by atoms with E-state index in [2.05, 4.69) is 44.5 Å². The molecule has 0 fully saturated rings. The molecule has 3 heterocycles. The molecule has 0 saturated carbocycles. The summed E-state index contributed by atoms with van der Waals surface area (Å²) in [4.78, 5) is 16.5. The molecule has 3 rings (SSSR count). The van der Waals surface area contributed by atoms with Gasteiger partial charge in [0.25, 0.3) is 11.7 Å². The lowest BCUT2D eigenvalue weighted by Crippen LogP contribution is -2.15. The molecule has 3 aromatic rings. The Bertz CT molecular complexity index is 842. The topological polar surface area (TPSA) is 98.0 Å². The van der Waals surface area contributed by atoms with Crippen LogP contribution in [0.4, 0.5) is 5.13 Å². The van der Waals surface area contributed by atoms with Gasteiger partial charge in [-0.25, -0.2) is 4.98 Å². The maximum absolute atomic E-state index is 12.3. The largest absolute Gasteiger partial charge is 0.295 e. The molecule has 0 bridgehead atoms. The van der Waals surface area contributed by atoms with Crippen molar-refractivity contribution in [3.8, 4) is 0 Å². The Balaban J connectivity index is 1.73. The fourth-order valence-electron chi connectivity index (χ4n) is 1.74. The first-order valence-corrected chi connectivity index (χ1v) is 8.79. The van der Waals surface area contributed by atoms with Crippen LogP contribution in [0.1, 0.15) is 30.2 Å². The standard InChI is InChI=1S/C13H15N7OS2/c1-7(2)6-22-13-19-18-12(23-13)15-10(21)9-16-17-11-14-8(3)4-5-20(9)11/h4-5,7H,6H2,1-3H3,(H,15,18,21). The van der Waals surface area contributed by atoms with Gasteiger partial charge in [0.05, 0.1) is 0 Å². The summed E-state index contributed by atoms with van der Waals surface area (Å²) in [6, 6.07) is 1.79. The maximum atomic E-state index is 12.3. The minimum absolute atomic E-state index is 0.166. The lowest BCUT2D eigenvalue weighted by molar-refractivity contribution is 0.101. The summed E-state index contributed by atoms with van der Waals surface area (Å²) in [7, 11) is 0. The van der Waals surface area contributed by atoms with Crippen molar-refractivity contribution in [3.63, 3.8) is 0 Å². The molecular weight excluding hydrogens is 334 g/mol. The summed E-state index contributed by atoms with van der Waals surface area (Å²) in [6.45, 7) is 6.14. The molecule has 1 N–H and O–H groups in total. The first-order valence-electron chi connectivity index (χ1n) is 6.99. The third-order valence-electron chi connectivity index (χ3n) is 2.79. The third kappa shape index (κ3) is 3.64. The van der Waals surface area contributed by atoms with Crippen molar-refractivity contribution < 1.29 is 4.79 Å². The number of amides is 1. The Hall–Kier alpha value is -2.07. The number of aryl methyl sites for hydroxylation is 1. The van der Waals surface area contributed by atoms with Gasteiger partial charge in [0.15, 0.2) is 4.34 Å². The zero-order valence-electron chi connectivity index (χ0n) is 12.8. The van der Waals surface area contributed by atoms with Crippen LogP contribution in [0.5, 0.6) is 0 Å². The van der Waals surface area contributed by atoms with E-state index in [0.29, 0.717) is 16.8 Å². The highest BCUT2D eigenvalue weighted by Crippen LogP contribution is 2.27. The zero-order chi connectivity index (χ0) is 16.4. The van der Waals surface area contributed by atoms with Crippen LogP contribution >= 0.6 is 23.1 Å². The monoisotopic (exact) mass is 349 g/mol. The number of rotatable bonds is 5. The van der Waals surface area contributed by atoms with Crippen LogP contribution in [0.2, 0.25) is 0 Å². The molecule has 3 aromatic heterocycles.